The van der Waals surface area contributed by atoms with Crippen molar-refractivity contribution in [2.75, 3.05) is 13.1 Å². The van der Waals surface area contributed by atoms with E-state index in [1.165, 1.54) is 0 Å². The number of aromatic nitrogens is 1. The van der Waals surface area contributed by atoms with Crippen LogP contribution in [-0.4, -0.2) is 63.6 Å². The summed E-state index contributed by atoms with van der Waals surface area (Å²) in [5.41, 5.74) is 0.210. The van der Waals surface area contributed by atoms with Crippen LogP contribution in [0.2, 0.25) is 5.02 Å². The van der Waals surface area contributed by atoms with Gasteiger partial charge in [0.2, 0.25) is 5.91 Å². The van der Waals surface area contributed by atoms with Gasteiger partial charge >= 0.3 is 5.97 Å². The number of fused-ring (bicyclic) bond motifs is 1. The molecule has 2 aromatic rings. The number of ether oxygens (including phenoxy) is 1. The zero-order valence-corrected chi connectivity index (χ0v) is 18.7. The van der Waals surface area contributed by atoms with Gasteiger partial charge in [-0.15, -0.1) is 0 Å². The van der Waals surface area contributed by atoms with Gasteiger partial charge in [0.05, 0.1) is 12.5 Å². The molecule has 1 unspecified atom stereocenters. The van der Waals surface area contributed by atoms with Crippen LogP contribution in [0.1, 0.15) is 50.5 Å². The highest BCUT2D eigenvalue weighted by atomic mass is 35.5. The molecule has 31 heavy (non-hydrogen) atoms. The summed E-state index contributed by atoms with van der Waals surface area (Å²) in [6.45, 7) is 5.99. The number of likely N-dealkylation sites (tertiary alicyclic amines) is 1. The number of benzene rings is 1. The minimum atomic E-state index is -1.14. The fraction of sp³-hybridized carbons (Fsp3) is 0.500. The van der Waals surface area contributed by atoms with Crippen molar-refractivity contribution in [1.29, 1.82) is 0 Å². The lowest BCUT2D eigenvalue weighted by molar-refractivity contribution is -0.159. The van der Waals surface area contributed by atoms with Crippen LogP contribution in [0.4, 0.5) is 0 Å². The van der Waals surface area contributed by atoms with Gasteiger partial charge in [-0.05, 0) is 57.9 Å². The van der Waals surface area contributed by atoms with E-state index in [9.17, 15) is 19.5 Å². The highest BCUT2D eigenvalue weighted by Gasteiger charge is 2.32. The number of esters is 1. The van der Waals surface area contributed by atoms with Gasteiger partial charge in [0.1, 0.15) is 17.3 Å². The maximum absolute atomic E-state index is 12.8. The quantitative estimate of drug-likeness (QED) is 0.607. The molecule has 3 rings (SSSR count). The number of aliphatic hydroxyl groups is 1. The van der Waals surface area contributed by atoms with Crippen LogP contribution in [0.3, 0.4) is 0 Å². The molecule has 1 aliphatic rings. The topological polar surface area (TPSA) is 112 Å². The highest BCUT2D eigenvalue weighted by Crippen LogP contribution is 2.20. The van der Waals surface area contributed by atoms with Gasteiger partial charge in [0, 0.05) is 29.0 Å². The molecule has 3 N–H and O–H groups in total. The molecular formula is C22H28ClN3O5. The Labute approximate surface area is 185 Å². The average Bonchev–Trinajstić information content (AvgIpc) is 3.09. The van der Waals surface area contributed by atoms with E-state index in [-0.39, 0.29) is 18.0 Å². The van der Waals surface area contributed by atoms with Crippen LogP contribution in [0.5, 0.6) is 0 Å². The van der Waals surface area contributed by atoms with E-state index >= 15 is 0 Å². The summed E-state index contributed by atoms with van der Waals surface area (Å²) in [5.74, 6) is -1.47. The molecule has 9 heteroatoms. The number of hydrogen-bond acceptors (Lipinski definition) is 5. The van der Waals surface area contributed by atoms with Crippen molar-refractivity contribution in [1.82, 2.24) is 15.2 Å². The highest BCUT2D eigenvalue weighted by molar-refractivity contribution is 6.31. The van der Waals surface area contributed by atoms with E-state index in [2.05, 4.69) is 10.3 Å². The lowest BCUT2D eigenvalue weighted by Crippen LogP contribution is -2.48. The summed E-state index contributed by atoms with van der Waals surface area (Å²) in [4.78, 5) is 42.9. The number of aromatic amines is 1. The first-order chi connectivity index (χ1) is 14.5. The fourth-order valence-corrected chi connectivity index (χ4v) is 3.63. The minimum Gasteiger partial charge on any atom is -0.458 e. The fourth-order valence-electron chi connectivity index (χ4n) is 3.45. The van der Waals surface area contributed by atoms with Gasteiger partial charge in [-0.3, -0.25) is 9.59 Å². The first-order valence-corrected chi connectivity index (χ1v) is 10.7. The molecule has 168 valence electrons. The Hall–Kier alpha value is -2.58. The van der Waals surface area contributed by atoms with Gasteiger partial charge in [-0.25, -0.2) is 4.79 Å². The molecule has 1 aromatic carbocycles. The molecule has 2 amide bonds. The van der Waals surface area contributed by atoms with Crippen LogP contribution in [-0.2, 0) is 14.3 Å². The van der Waals surface area contributed by atoms with E-state index in [4.69, 9.17) is 16.3 Å². The van der Waals surface area contributed by atoms with Crippen LogP contribution in [0.15, 0.2) is 24.3 Å². The van der Waals surface area contributed by atoms with Crippen LogP contribution < -0.4 is 5.32 Å². The normalized spacial score (nSPS) is 16.2. The summed E-state index contributed by atoms with van der Waals surface area (Å²) in [6.07, 6.45) is 0.351. The molecule has 1 fully saturated rings. The maximum Gasteiger partial charge on any atom is 0.329 e. The van der Waals surface area contributed by atoms with E-state index in [1.54, 1.807) is 49.9 Å². The second-order valence-electron chi connectivity index (χ2n) is 8.79. The first-order valence-electron chi connectivity index (χ1n) is 10.3. The Morgan fingerprint density at radius 2 is 1.94 bits per heavy atom. The minimum absolute atomic E-state index is 0.219. The lowest BCUT2D eigenvalue weighted by atomic mass is 10.1. The molecular weight excluding hydrogens is 422 g/mol. The summed E-state index contributed by atoms with van der Waals surface area (Å²) >= 11 is 6.00. The van der Waals surface area contributed by atoms with Gasteiger partial charge in [-0.2, -0.15) is 0 Å². The molecule has 0 spiro atoms. The molecule has 0 saturated carbocycles. The molecule has 8 nitrogen and oxygen atoms in total. The molecule has 0 bridgehead atoms. The van der Waals surface area contributed by atoms with Gasteiger partial charge in [0.15, 0.2) is 0 Å². The van der Waals surface area contributed by atoms with Gasteiger partial charge < -0.3 is 25.0 Å². The third-order valence-electron chi connectivity index (χ3n) is 5.02. The summed E-state index contributed by atoms with van der Waals surface area (Å²) in [7, 11) is 0. The monoisotopic (exact) mass is 449 g/mol. The van der Waals surface area contributed by atoms with Crippen molar-refractivity contribution in [3.8, 4) is 0 Å². The number of H-pyrrole nitrogens is 1. The number of amides is 2. The van der Waals surface area contributed by atoms with Crippen molar-refractivity contribution in [2.45, 2.75) is 57.8 Å². The number of nitrogens with zero attached hydrogens (tertiary/aromatic N) is 1. The zero-order chi connectivity index (χ0) is 22.8. The van der Waals surface area contributed by atoms with Gasteiger partial charge in [0.25, 0.3) is 5.91 Å². The summed E-state index contributed by atoms with van der Waals surface area (Å²) in [5, 5.41) is 13.6. The number of aliphatic hydroxyl groups excluding tert-OH is 1. The average molecular weight is 450 g/mol. The number of carbonyl (C=O) groups excluding carboxylic acids is 3. The molecule has 0 radical (unpaired) electrons. The molecule has 2 heterocycles. The van der Waals surface area contributed by atoms with Crippen LogP contribution >= 0.6 is 11.6 Å². The SMILES string of the molecule is CC(C)(C)OC(=O)C(CC(=O)N1CCC(O)CC1)NC(=O)c1cc2cc(Cl)ccc2[nH]1. The van der Waals surface area contributed by atoms with Crippen molar-refractivity contribution < 1.29 is 24.2 Å². The van der Waals surface area contributed by atoms with Crippen LogP contribution in [0.25, 0.3) is 10.9 Å². The van der Waals surface area contributed by atoms with E-state index in [0.29, 0.717) is 31.0 Å². The van der Waals surface area contributed by atoms with E-state index in [1.807, 2.05) is 0 Å². The molecule has 1 aliphatic heterocycles. The number of piperidine rings is 1. The van der Waals surface area contributed by atoms with Crippen molar-refractivity contribution in [2.24, 2.45) is 0 Å². The largest absolute Gasteiger partial charge is 0.458 e. The number of halogens is 1. The smallest absolute Gasteiger partial charge is 0.329 e. The predicted octanol–water partition coefficient (Wildman–Crippen LogP) is 2.63. The lowest BCUT2D eigenvalue weighted by Gasteiger charge is -2.31. The van der Waals surface area contributed by atoms with Gasteiger partial charge in [-0.1, -0.05) is 11.6 Å². The standard InChI is InChI=1S/C22H28ClN3O5/c1-22(2,3)31-21(30)18(12-19(28)26-8-6-15(27)7-9-26)25-20(29)17-11-13-10-14(23)4-5-16(13)24-17/h4-5,10-11,15,18,24,27H,6-9,12H2,1-3H3,(H,25,29). The van der Waals surface area contributed by atoms with Crippen molar-refractivity contribution in [3.05, 3.63) is 35.0 Å². The molecule has 0 aliphatic carbocycles. The third kappa shape index (κ3) is 6.21. The first kappa shape index (κ1) is 23.1. The Morgan fingerprint density at radius 1 is 1.26 bits per heavy atom. The number of rotatable bonds is 5. The molecule has 1 aromatic heterocycles. The Morgan fingerprint density at radius 3 is 2.58 bits per heavy atom. The Balaban J connectivity index is 1.75. The maximum atomic E-state index is 12.8. The summed E-state index contributed by atoms with van der Waals surface area (Å²) < 4.78 is 5.42. The molecule has 1 saturated heterocycles. The zero-order valence-electron chi connectivity index (χ0n) is 17.9. The second-order valence-corrected chi connectivity index (χ2v) is 9.23. The Kier molecular flexibility index (Phi) is 6.91. The van der Waals surface area contributed by atoms with Crippen molar-refractivity contribution in [3.63, 3.8) is 0 Å². The molecule has 1 atom stereocenters. The van der Waals surface area contributed by atoms with E-state index < -0.39 is 29.6 Å². The van der Waals surface area contributed by atoms with Crippen LogP contribution in [0, 0.1) is 0 Å². The number of nitrogens with one attached hydrogen (secondary N) is 2. The Bertz CT molecular complexity index is 973. The number of carbonyl (C=O) groups is 3. The summed E-state index contributed by atoms with van der Waals surface area (Å²) in [6, 6.07) is 5.69. The predicted molar refractivity (Wildman–Crippen MR) is 117 cm³/mol. The van der Waals surface area contributed by atoms with Crippen molar-refractivity contribution >= 4 is 40.3 Å². The van der Waals surface area contributed by atoms with E-state index in [0.717, 1.165) is 10.9 Å². The third-order valence-corrected chi connectivity index (χ3v) is 5.26. The second kappa shape index (κ2) is 9.28. The number of hydrogen-bond donors (Lipinski definition) is 3.